The van der Waals surface area contributed by atoms with Crippen molar-refractivity contribution < 1.29 is 5.11 Å². The van der Waals surface area contributed by atoms with Gasteiger partial charge in [-0.05, 0) is 24.6 Å². The molecule has 0 aromatic heterocycles. The lowest BCUT2D eigenvalue weighted by molar-refractivity contribution is 0.350. The minimum atomic E-state index is -0.157. The van der Waals surface area contributed by atoms with Crippen LogP contribution in [0, 0.1) is 30.1 Å². The van der Waals surface area contributed by atoms with E-state index in [0.29, 0.717) is 5.56 Å². The zero-order chi connectivity index (χ0) is 9.68. The highest BCUT2D eigenvalue weighted by Crippen LogP contribution is 2.11. The van der Waals surface area contributed by atoms with Crippen LogP contribution in [0.3, 0.4) is 0 Å². The van der Waals surface area contributed by atoms with Gasteiger partial charge < -0.3 is 5.11 Å². The normalized spacial score (nSPS) is 8.38. The second kappa shape index (κ2) is 4.30. The van der Waals surface area contributed by atoms with Crippen LogP contribution in [0.1, 0.15) is 16.7 Å². The van der Waals surface area contributed by atoms with Gasteiger partial charge in [0.05, 0.1) is 11.6 Å². The molecule has 2 nitrogen and oxygen atoms in total. The fourth-order valence-corrected chi connectivity index (χ4v) is 1.03. The van der Waals surface area contributed by atoms with Gasteiger partial charge in [-0.1, -0.05) is 17.9 Å². The highest BCUT2D eigenvalue weighted by Gasteiger charge is 1.99. The molecule has 0 fully saturated rings. The first kappa shape index (κ1) is 9.32. The molecule has 1 aromatic carbocycles. The molecule has 0 saturated heterocycles. The summed E-state index contributed by atoms with van der Waals surface area (Å²) in [6.07, 6.45) is 0. The number of hydrogen-bond donors (Lipinski definition) is 1. The Morgan fingerprint density at radius 2 is 2.08 bits per heavy atom. The van der Waals surface area contributed by atoms with E-state index in [1.165, 1.54) is 0 Å². The second-order valence-electron chi connectivity index (χ2n) is 2.55. The van der Waals surface area contributed by atoms with Gasteiger partial charge in [-0.3, -0.25) is 0 Å². The molecule has 1 aromatic rings. The zero-order valence-electron chi connectivity index (χ0n) is 7.33. The molecule has 0 aliphatic heterocycles. The summed E-state index contributed by atoms with van der Waals surface area (Å²) in [6, 6.07) is 7.45. The van der Waals surface area contributed by atoms with Crippen LogP contribution in [-0.2, 0) is 0 Å². The van der Waals surface area contributed by atoms with Gasteiger partial charge in [-0.25, -0.2) is 0 Å². The highest BCUT2D eigenvalue weighted by molar-refractivity contribution is 5.49. The van der Waals surface area contributed by atoms with Crippen LogP contribution in [0.2, 0.25) is 0 Å². The predicted molar refractivity (Wildman–Crippen MR) is 49.9 cm³/mol. The summed E-state index contributed by atoms with van der Waals surface area (Å²) in [5.41, 5.74) is 2.30. The molecule has 2 heteroatoms. The largest absolute Gasteiger partial charge is 0.384 e. The van der Waals surface area contributed by atoms with Crippen molar-refractivity contribution in [2.75, 3.05) is 6.61 Å². The van der Waals surface area contributed by atoms with E-state index in [-0.39, 0.29) is 6.61 Å². The van der Waals surface area contributed by atoms with Crippen molar-refractivity contribution in [3.63, 3.8) is 0 Å². The van der Waals surface area contributed by atoms with Crippen LogP contribution in [0.4, 0.5) is 0 Å². The summed E-state index contributed by atoms with van der Waals surface area (Å²) >= 11 is 0. The molecule has 0 aliphatic carbocycles. The molecule has 0 heterocycles. The highest BCUT2D eigenvalue weighted by atomic mass is 16.2. The Morgan fingerprint density at radius 3 is 2.69 bits per heavy atom. The van der Waals surface area contributed by atoms with Crippen LogP contribution >= 0.6 is 0 Å². The van der Waals surface area contributed by atoms with E-state index in [1.807, 2.05) is 13.0 Å². The van der Waals surface area contributed by atoms with Gasteiger partial charge in [-0.15, -0.1) is 0 Å². The van der Waals surface area contributed by atoms with Crippen LogP contribution in [0.25, 0.3) is 0 Å². The van der Waals surface area contributed by atoms with Crippen molar-refractivity contribution in [3.8, 4) is 17.9 Å². The number of hydrogen-bond acceptors (Lipinski definition) is 2. The summed E-state index contributed by atoms with van der Waals surface area (Å²) in [7, 11) is 0. The molecule has 1 N–H and O–H groups in total. The average Bonchev–Trinajstić information content (AvgIpc) is 2.16. The lowest BCUT2D eigenvalue weighted by Gasteiger charge is -1.98. The van der Waals surface area contributed by atoms with E-state index in [4.69, 9.17) is 10.4 Å². The standard InChI is InChI=1S/C11H9NO/c1-9-10(6-3-7-13)4-2-5-11(9)8-12/h2,4-5,13H,7H2,1H3. The van der Waals surface area contributed by atoms with E-state index >= 15 is 0 Å². The van der Waals surface area contributed by atoms with Crippen molar-refractivity contribution in [1.29, 1.82) is 5.26 Å². The first-order valence-corrected chi connectivity index (χ1v) is 3.89. The van der Waals surface area contributed by atoms with Gasteiger partial charge in [0.25, 0.3) is 0 Å². The predicted octanol–water partition coefficient (Wildman–Crippen LogP) is 1.21. The lowest BCUT2D eigenvalue weighted by Crippen LogP contribution is -1.87. The summed E-state index contributed by atoms with van der Waals surface area (Å²) in [5.74, 6) is 5.34. The summed E-state index contributed by atoms with van der Waals surface area (Å²) in [6.45, 7) is 1.69. The molecule has 13 heavy (non-hydrogen) atoms. The topological polar surface area (TPSA) is 44.0 Å². The molecule has 0 aliphatic rings. The Bertz CT molecular complexity index is 404. The quantitative estimate of drug-likeness (QED) is 0.596. The van der Waals surface area contributed by atoms with Crippen molar-refractivity contribution in [3.05, 3.63) is 34.9 Å². The Labute approximate surface area is 77.4 Å². The maximum absolute atomic E-state index is 8.72. The SMILES string of the molecule is Cc1c(C#N)cccc1C#CCO. The Balaban J connectivity index is 3.18. The lowest BCUT2D eigenvalue weighted by atomic mass is 10.0. The molecule has 0 unspecified atom stereocenters. The average molecular weight is 171 g/mol. The fraction of sp³-hybridized carbons (Fsp3) is 0.182. The molecule has 1 rings (SSSR count). The molecule has 0 saturated carbocycles. The Kier molecular flexibility index (Phi) is 3.09. The van der Waals surface area contributed by atoms with E-state index in [9.17, 15) is 0 Å². The van der Waals surface area contributed by atoms with Crippen molar-refractivity contribution >= 4 is 0 Å². The third-order valence-electron chi connectivity index (χ3n) is 1.76. The first-order valence-electron chi connectivity index (χ1n) is 3.89. The summed E-state index contributed by atoms with van der Waals surface area (Å²) < 4.78 is 0. The molecule has 0 radical (unpaired) electrons. The maximum atomic E-state index is 8.72. The summed E-state index contributed by atoms with van der Waals surface area (Å²) in [4.78, 5) is 0. The van der Waals surface area contributed by atoms with Gasteiger partial charge in [-0.2, -0.15) is 5.26 Å². The minimum absolute atomic E-state index is 0.157. The zero-order valence-corrected chi connectivity index (χ0v) is 7.33. The molecule has 0 bridgehead atoms. The summed E-state index contributed by atoms with van der Waals surface area (Å²) in [5, 5.41) is 17.2. The third kappa shape index (κ3) is 2.08. The third-order valence-corrected chi connectivity index (χ3v) is 1.76. The van der Waals surface area contributed by atoms with Crippen molar-refractivity contribution in [1.82, 2.24) is 0 Å². The van der Waals surface area contributed by atoms with Gasteiger partial charge in [0.1, 0.15) is 6.61 Å². The maximum Gasteiger partial charge on any atom is 0.104 e. The van der Waals surface area contributed by atoms with Gasteiger partial charge >= 0.3 is 0 Å². The molecule has 64 valence electrons. The molecule has 0 amide bonds. The van der Waals surface area contributed by atoms with E-state index in [0.717, 1.165) is 11.1 Å². The van der Waals surface area contributed by atoms with Gasteiger partial charge in [0.2, 0.25) is 0 Å². The minimum Gasteiger partial charge on any atom is -0.384 e. The molecular weight excluding hydrogens is 162 g/mol. The van der Waals surface area contributed by atoms with Crippen LogP contribution < -0.4 is 0 Å². The van der Waals surface area contributed by atoms with E-state index in [1.54, 1.807) is 12.1 Å². The molecule has 0 spiro atoms. The van der Waals surface area contributed by atoms with Crippen LogP contribution in [-0.4, -0.2) is 11.7 Å². The van der Waals surface area contributed by atoms with Gasteiger partial charge in [0, 0.05) is 5.56 Å². The van der Waals surface area contributed by atoms with Crippen LogP contribution in [0.15, 0.2) is 18.2 Å². The Morgan fingerprint density at radius 1 is 1.38 bits per heavy atom. The number of rotatable bonds is 0. The fourth-order valence-electron chi connectivity index (χ4n) is 1.03. The molecule has 0 atom stereocenters. The number of aliphatic hydroxyl groups is 1. The van der Waals surface area contributed by atoms with Crippen LogP contribution in [0.5, 0.6) is 0 Å². The van der Waals surface area contributed by atoms with Crippen molar-refractivity contribution in [2.45, 2.75) is 6.92 Å². The number of nitriles is 1. The second-order valence-corrected chi connectivity index (χ2v) is 2.55. The Hall–Kier alpha value is -1.77. The van der Waals surface area contributed by atoms with E-state index < -0.39 is 0 Å². The molecular formula is C11H9NO. The smallest absolute Gasteiger partial charge is 0.104 e. The number of benzene rings is 1. The number of nitrogens with zero attached hydrogens (tertiary/aromatic N) is 1. The monoisotopic (exact) mass is 171 g/mol. The number of aliphatic hydroxyl groups excluding tert-OH is 1. The van der Waals surface area contributed by atoms with E-state index in [2.05, 4.69) is 17.9 Å². The van der Waals surface area contributed by atoms with Crippen molar-refractivity contribution in [2.24, 2.45) is 0 Å². The van der Waals surface area contributed by atoms with Gasteiger partial charge in [0.15, 0.2) is 0 Å². The first-order chi connectivity index (χ1) is 6.29.